The average molecular weight is 325 g/mol. The molecule has 124 valence electrons. The van der Waals surface area contributed by atoms with Crippen molar-refractivity contribution >= 4 is 9.84 Å². The summed E-state index contributed by atoms with van der Waals surface area (Å²) >= 11 is 0. The lowest BCUT2D eigenvalue weighted by molar-refractivity contribution is 0.199. The Labute approximate surface area is 133 Å². The van der Waals surface area contributed by atoms with E-state index in [-0.39, 0.29) is 10.9 Å². The highest BCUT2D eigenvalue weighted by Crippen LogP contribution is 2.38. The van der Waals surface area contributed by atoms with Crippen molar-refractivity contribution in [2.75, 3.05) is 12.3 Å². The first kappa shape index (κ1) is 16.0. The first-order valence-corrected chi connectivity index (χ1v) is 10.2. The van der Waals surface area contributed by atoms with E-state index in [0.29, 0.717) is 6.04 Å². The minimum absolute atomic E-state index is 0.115. The highest BCUT2D eigenvalue weighted by atomic mass is 32.2. The predicted molar refractivity (Wildman–Crippen MR) is 86.4 cm³/mol. The molecule has 1 aromatic rings. The maximum absolute atomic E-state index is 12.3. The van der Waals surface area contributed by atoms with Crippen molar-refractivity contribution in [3.05, 3.63) is 11.9 Å². The Morgan fingerprint density at radius 3 is 2.73 bits per heavy atom. The number of piperidine rings is 1. The Balaban J connectivity index is 1.84. The van der Waals surface area contributed by atoms with Crippen LogP contribution < -0.4 is 0 Å². The molecule has 2 aliphatic rings. The summed E-state index contributed by atoms with van der Waals surface area (Å²) in [4.78, 5) is 6.79. The molecule has 1 saturated heterocycles. The summed E-state index contributed by atoms with van der Waals surface area (Å²) in [6, 6.07) is 0.700. The van der Waals surface area contributed by atoms with E-state index in [2.05, 4.69) is 16.8 Å². The van der Waals surface area contributed by atoms with E-state index >= 15 is 0 Å². The van der Waals surface area contributed by atoms with Crippen molar-refractivity contribution in [3.63, 3.8) is 0 Å². The van der Waals surface area contributed by atoms with Crippen LogP contribution in [0.5, 0.6) is 0 Å². The Morgan fingerprint density at radius 2 is 2.14 bits per heavy atom. The van der Waals surface area contributed by atoms with Crippen molar-refractivity contribution in [3.8, 4) is 0 Å². The maximum atomic E-state index is 12.3. The summed E-state index contributed by atoms with van der Waals surface area (Å²) in [7, 11) is -3.25. The zero-order valence-corrected chi connectivity index (χ0v) is 14.5. The minimum Gasteiger partial charge on any atom is -0.318 e. The fourth-order valence-electron chi connectivity index (χ4n) is 3.88. The van der Waals surface area contributed by atoms with Crippen LogP contribution in [0.4, 0.5) is 0 Å². The monoisotopic (exact) mass is 325 g/mol. The lowest BCUT2D eigenvalue weighted by Crippen LogP contribution is -2.32. The number of hydrogen-bond donors (Lipinski definition) is 0. The second-order valence-electron chi connectivity index (χ2n) is 6.70. The predicted octanol–water partition coefficient (Wildman–Crippen LogP) is 2.46. The van der Waals surface area contributed by atoms with Crippen molar-refractivity contribution in [2.24, 2.45) is 5.92 Å². The molecule has 0 spiro atoms. The molecule has 1 aliphatic heterocycles. The number of rotatable bonds is 7. The molecule has 3 rings (SSSR count). The van der Waals surface area contributed by atoms with E-state index in [9.17, 15) is 8.42 Å². The Morgan fingerprint density at radius 1 is 1.32 bits per heavy atom. The van der Waals surface area contributed by atoms with Gasteiger partial charge < -0.3 is 4.57 Å². The van der Waals surface area contributed by atoms with Gasteiger partial charge in [0.2, 0.25) is 15.0 Å². The Kier molecular flexibility index (Phi) is 4.59. The third-order valence-electron chi connectivity index (χ3n) is 5.18. The number of sulfone groups is 1. The fourth-order valence-corrected chi connectivity index (χ4v) is 4.90. The van der Waals surface area contributed by atoms with Crippen LogP contribution in [0.15, 0.2) is 11.4 Å². The molecule has 2 bridgehead atoms. The molecular weight excluding hydrogens is 298 g/mol. The smallest absolute Gasteiger partial charge is 0.227 e. The molecular formula is C16H27N3O2S. The second kappa shape index (κ2) is 6.32. The summed E-state index contributed by atoms with van der Waals surface area (Å²) in [6.45, 7) is 6.58. The molecule has 6 heteroatoms. The van der Waals surface area contributed by atoms with Crippen LogP contribution in [0.1, 0.15) is 51.6 Å². The van der Waals surface area contributed by atoms with Crippen LogP contribution in [0, 0.1) is 5.92 Å². The summed E-state index contributed by atoms with van der Waals surface area (Å²) < 4.78 is 26.5. The molecule has 0 aromatic carbocycles. The summed E-state index contributed by atoms with van der Waals surface area (Å²) in [6.07, 6.45) is 7.81. The average Bonchev–Trinajstić information content (AvgIpc) is 3.20. The molecule has 0 N–H and O–H groups in total. The SMILES string of the molecule is CCCCn1c(CN2C[C@H]3CC[C@H]2C3)cnc1S(=O)(=O)CC. The van der Waals surface area contributed by atoms with Gasteiger partial charge in [-0.2, -0.15) is 0 Å². The summed E-state index contributed by atoms with van der Waals surface area (Å²) in [5, 5.41) is 0.266. The van der Waals surface area contributed by atoms with Gasteiger partial charge in [-0.1, -0.05) is 20.3 Å². The van der Waals surface area contributed by atoms with Gasteiger partial charge in [0, 0.05) is 25.7 Å². The van der Waals surface area contributed by atoms with Crippen LogP contribution in [-0.2, 0) is 22.9 Å². The molecule has 2 heterocycles. The molecule has 1 saturated carbocycles. The summed E-state index contributed by atoms with van der Waals surface area (Å²) in [5.74, 6) is 0.972. The summed E-state index contributed by atoms with van der Waals surface area (Å²) in [5.41, 5.74) is 1.06. The van der Waals surface area contributed by atoms with E-state index < -0.39 is 9.84 Å². The molecule has 0 unspecified atom stereocenters. The standard InChI is InChI=1S/C16H27N3O2S/c1-3-5-8-19-15(10-17-16(19)22(20,21)4-2)12-18-11-13-6-7-14(18)9-13/h10,13-14H,3-9,11-12H2,1-2H3/t13-,14-/m0/s1. The quantitative estimate of drug-likeness (QED) is 0.773. The lowest BCUT2D eigenvalue weighted by atomic mass is 10.1. The number of fused-ring (bicyclic) bond motifs is 2. The number of imidazole rings is 1. The van der Waals surface area contributed by atoms with Gasteiger partial charge in [-0.05, 0) is 31.6 Å². The number of aromatic nitrogens is 2. The second-order valence-corrected chi connectivity index (χ2v) is 8.88. The third-order valence-corrected chi connectivity index (χ3v) is 6.83. The molecule has 0 radical (unpaired) electrons. The topological polar surface area (TPSA) is 55.2 Å². The highest BCUT2D eigenvalue weighted by Gasteiger charge is 2.38. The molecule has 2 fully saturated rings. The lowest BCUT2D eigenvalue weighted by Gasteiger charge is -2.27. The van der Waals surface area contributed by atoms with E-state index in [1.165, 1.54) is 25.8 Å². The van der Waals surface area contributed by atoms with Crippen LogP contribution >= 0.6 is 0 Å². The van der Waals surface area contributed by atoms with Gasteiger partial charge in [-0.25, -0.2) is 13.4 Å². The van der Waals surface area contributed by atoms with E-state index in [1.54, 1.807) is 13.1 Å². The molecule has 1 aliphatic carbocycles. The van der Waals surface area contributed by atoms with Gasteiger partial charge in [0.05, 0.1) is 17.6 Å². The minimum atomic E-state index is -3.25. The maximum Gasteiger partial charge on any atom is 0.227 e. The molecule has 1 aromatic heterocycles. The third kappa shape index (κ3) is 2.95. The number of hydrogen-bond acceptors (Lipinski definition) is 4. The van der Waals surface area contributed by atoms with Crippen molar-refractivity contribution in [2.45, 2.75) is 70.2 Å². The van der Waals surface area contributed by atoms with Gasteiger partial charge in [0.25, 0.3) is 0 Å². The zero-order valence-electron chi connectivity index (χ0n) is 13.7. The van der Waals surface area contributed by atoms with Crippen molar-refractivity contribution in [1.82, 2.24) is 14.5 Å². The molecule has 0 amide bonds. The van der Waals surface area contributed by atoms with E-state index in [4.69, 9.17) is 0 Å². The molecule has 22 heavy (non-hydrogen) atoms. The van der Waals surface area contributed by atoms with E-state index in [0.717, 1.165) is 37.5 Å². The van der Waals surface area contributed by atoms with Crippen LogP contribution in [0.3, 0.4) is 0 Å². The molecule has 2 atom stereocenters. The van der Waals surface area contributed by atoms with Crippen molar-refractivity contribution in [1.29, 1.82) is 0 Å². The van der Waals surface area contributed by atoms with Crippen LogP contribution in [-0.4, -0.2) is 41.2 Å². The van der Waals surface area contributed by atoms with Gasteiger partial charge in [-0.3, -0.25) is 4.90 Å². The highest BCUT2D eigenvalue weighted by molar-refractivity contribution is 7.91. The first-order valence-electron chi connectivity index (χ1n) is 8.56. The fraction of sp³-hybridized carbons (Fsp3) is 0.812. The van der Waals surface area contributed by atoms with Crippen molar-refractivity contribution < 1.29 is 8.42 Å². The number of likely N-dealkylation sites (tertiary alicyclic amines) is 1. The van der Waals surface area contributed by atoms with Gasteiger partial charge in [0.15, 0.2) is 0 Å². The largest absolute Gasteiger partial charge is 0.318 e. The van der Waals surface area contributed by atoms with E-state index in [1.807, 2.05) is 4.57 Å². The van der Waals surface area contributed by atoms with Gasteiger partial charge in [-0.15, -0.1) is 0 Å². The first-order chi connectivity index (χ1) is 10.5. The Hall–Kier alpha value is -0.880. The van der Waals surface area contributed by atoms with Crippen LogP contribution in [0.2, 0.25) is 0 Å². The van der Waals surface area contributed by atoms with Gasteiger partial charge in [0.1, 0.15) is 0 Å². The number of unbranched alkanes of at least 4 members (excludes halogenated alkanes) is 1. The van der Waals surface area contributed by atoms with Crippen LogP contribution in [0.25, 0.3) is 0 Å². The zero-order chi connectivity index (χ0) is 15.7. The Bertz CT molecular complexity index is 623. The van der Waals surface area contributed by atoms with Gasteiger partial charge >= 0.3 is 0 Å². The molecule has 5 nitrogen and oxygen atoms in total. The normalized spacial score (nSPS) is 25.2. The number of nitrogens with zero attached hydrogens (tertiary/aromatic N) is 3.